The van der Waals surface area contributed by atoms with E-state index in [1.165, 1.54) is 6.08 Å². The van der Waals surface area contributed by atoms with E-state index in [2.05, 4.69) is 11.9 Å². The van der Waals surface area contributed by atoms with E-state index in [1.807, 2.05) is 0 Å². The van der Waals surface area contributed by atoms with Crippen molar-refractivity contribution in [1.82, 2.24) is 5.32 Å². The first kappa shape index (κ1) is 13.9. The number of nitrogens with one attached hydrogen (secondary N) is 1. The van der Waals surface area contributed by atoms with Gasteiger partial charge in [0.2, 0.25) is 0 Å². The van der Waals surface area contributed by atoms with Crippen molar-refractivity contribution in [2.24, 2.45) is 5.73 Å². The number of hydrogen-bond acceptors (Lipinski definition) is 3. The van der Waals surface area contributed by atoms with Crippen molar-refractivity contribution in [1.29, 1.82) is 0 Å². The number of amides is 1. The number of nitrogens with two attached hydrogens (primary N) is 1. The van der Waals surface area contributed by atoms with Crippen molar-refractivity contribution < 1.29 is 14.7 Å². The summed E-state index contributed by atoms with van der Waals surface area (Å²) in [4.78, 5) is 22.7. The summed E-state index contributed by atoms with van der Waals surface area (Å²) in [6.45, 7) is 3.86. The van der Waals surface area contributed by atoms with Gasteiger partial charge in [-0.2, -0.15) is 0 Å². The number of carboxylic acids is 1. The van der Waals surface area contributed by atoms with Crippen LogP contribution < -0.4 is 11.1 Å². The van der Waals surface area contributed by atoms with Crippen molar-refractivity contribution >= 4 is 11.9 Å². The molecule has 0 saturated heterocycles. The molecule has 0 aliphatic rings. The Morgan fingerprint density at radius 3 is 2.44 bits per heavy atom. The van der Waals surface area contributed by atoms with Gasteiger partial charge in [0.15, 0.2) is 0 Å². The molecule has 1 aromatic rings. The maximum absolute atomic E-state index is 11.8. The van der Waals surface area contributed by atoms with Gasteiger partial charge in [-0.25, -0.2) is 4.79 Å². The quantitative estimate of drug-likeness (QED) is 0.652. The van der Waals surface area contributed by atoms with Gasteiger partial charge in [-0.15, -0.1) is 6.58 Å². The van der Waals surface area contributed by atoms with Gasteiger partial charge < -0.3 is 16.2 Å². The van der Waals surface area contributed by atoms with Crippen LogP contribution in [0.1, 0.15) is 22.3 Å². The highest BCUT2D eigenvalue weighted by molar-refractivity contribution is 5.96. The van der Waals surface area contributed by atoms with Crippen LogP contribution in [0.4, 0.5) is 0 Å². The van der Waals surface area contributed by atoms with Crippen molar-refractivity contribution in [3.63, 3.8) is 0 Å². The van der Waals surface area contributed by atoms with Crippen molar-refractivity contribution in [3.8, 4) is 0 Å². The molecule has 0 fully saturated rings. The minimum Gasteiger partial charge on any atom is -0.480 e. The second kappa shape index (κ2) is 6.56. The summed E-state index contributed by atoms with van der Waals surface area (Å²) in [5, 5.41) is 11.3. The van der Waals surface area contributed by atoms with Crippen LogP contribution in [0.25, 0.3) is 0 Å². The van der Waals surface area contributed by atoms with E-state index in [4.69, 9.17) is 10.8 Å². The highest BCUT2D eigenvalue weighted by Crippen LogP contribution is 2.05. The van der Waals surface area contributed by atoms with Gasteiger partial charge in [0, 0.05) is 12.1 Å². The Bertz CT molecular complexity index is 440. The van der Waals surface area contributed by atoms with E-state index in [0.29, 0.717) is 12.1 Å². The molecule has 0 aliphatic carbocycles. The largest absolute Gasteiger partial charge is 0.480 e. The zero-order chi connectivity index (χ0) is 13.5. The molecular weight excluding hydrogens is 232 g/mol. The van der Waals surface area contributed by atoms with Gasteiger partial charge in [0.25, 0.3) is 5.91 Å². The third kappa shape index (κ3) is 3.71. The second-order valence-electron chi connectivity index (χ2n) is 3.79. The predicted molar refractivity (Wildman–Crippen MR) is 68.0 cm³/mol. The smallest absolute Gasteiger partial charge is 0.326 e. The van der Waals surface area contributed by atoms with E-state index in [1.54, 1.807) is 24.3 Å². The highest BCUT2D eigenvalue weighted by atomic mass is 16.4. The van der Waals surface area contributed by atoms with Gasteiger partial charge in [0.05, 0.1) is 0 Å². The number of aliphatic carboxylic acids is 1. The topological polar surface area (TPSA) is 92.4 Å². The lowest BCUT2D eigenvalue weighted by atomic mass is 10.1. The summed E-state index contributed by atoms with van der Waals surface area (Å²) in [5.74, 6) is -1.50. The summed E-state index contributed by atoms with van der Waals surface area (Å²) in [6.07, 6.45) is 1.64. The normalized spacial score (nSPS) is 11.6. The maximum atomic E-state index is 11.8. The zero-order valence-electron chi connectivity index (χ0n) is 9.93. The number of carboxylic acid groups (broad SMARTS) is 1. The van der Waals surface area contributed by atoms with E-state index >= 15 is 0 Å². The van der Waals surface area contributed by atoms with Crippen LogP contribution >= 0.6 is 0 Å². The summed E-state index contributed by atoms with van der Waals surface area (Å²) < 4.78 is 0. The van der Waals surface area contributed by atoms with Gasteiger partial charge in [-0.1, -0.05) is 18.2 Å². The first-order valence-electron chi connectivity index (χ1n) is 5.52. The van der Waals surface area contributed by atoms with E-state index < -0.39 is 17.9 Å². The maximum Gasteiger partial charge on any atom is 0.326 e. The van der Waals surface area contributed by atoms with Crippen LogP contribution in [0.5, 0.6) is 0 Å². The summed E-state index contributed by atoms with van der Waals surface area (Å²) in [6, 6.07) is 5.75. The minimum absolute atomic E-state index is 0.182. The molecule has 0 aromatic heterocycles. The number of carbonyl (C=O) groups excluding carboxylic acids is 1. The monoisotopic (exact) mass is 248 g/mol. The standard InChI is InChI=1S/C13H16N2O3/c1-2-3-11(13(17)18)15-12(16)10-6-4-9(8-14)5-7-10/h2,4-7,11H,1,3,8,14H2,(H,15,16)(H,17,18). The molecule has 0 radical (unpaired) electrons. The molecule has 0 bridgehead atoms. The Hall–Kier alpha value is -2.14. The predicted octanol–water partition coefficient (Wildman–Crippen LogP) is 0.904. The van der Waals surface area contributed by atoms with E-state index in [-0.39, 0.29) is 6.42 Å². The van der Waals surface area contributed by atoms with Crippen LogP contribution in [0.3, 0.4) is 0 Å². The number of benzene rings is 1. The van der Waals surface area contributed by atoms with Crippen LogP contribution in [-0.4, -0.2) is 23.0 Å². The SMILES string of the molecule is C=CCC(NC(=O)c1ccc(CN)cc1)C(=O)O. The van der Waals surface area contributed by atoms with Gasteiger partial charge in [-0.3, -0.25) is 4.79 Å². The molecule has 1 unspecified atom stereocenters. The highest BCUT2D eigenvalue weighted by Gasteiger charge is 2.18. The third-order valence-electron chi connectivity index (χ3n) is 2.46. The molecule has 5 nitrogen and oxygen atoms in total. The molecule has 1 rings (SSSR count). The number of hydrogen-bond donors (Lipinski definition) is 3. The Kier molecular flexibility index (Phi) is 5.07. The first-order valence-corrected chi connectivity index (χ1v) is 5.52. The molecule has 0 spiro atoms. The molecule has 4 N–H and O–H groups in total. The molecule has 96 valence electrons. The molecule has 0 aliphatic heterocycles. The number of carbonyl (C=O) groups is 2. The van der Waals surface area contributed by atoms with Crippen LogP contribution in [0.15, 0.2) is 36.9 Å². The number of rotatable bonds is 6. The lowest BCUT2D eigenvalue weighted by Gasteiger charge is -2.12. The Labute approximate surface area is 105 Å². The molecule has 0 heterocycles. The molecule has 1 amide bonds. The molecular formula is C13H16N2O3. The van der Waals surface area contributed by atoms with Crippen molar-refractivity contribution in [3.05, 3.63) is 48.0 Å². The fourth-order valence-electron chi connectivity index (χ4n) is 1.42. The summed E-state index contributed by atoms with van der Waals surface area (Å²) >= 11 is 0. The molecule has 0 saturated carbocycles. The summed E-state index contributed by atoms with van der Waals surface area (Å²) in [7, 11) is 0. The van der Waals surface area contributed by atoms with Crippen LogP contribution in [0.2, 0.25) is 0 Å². The first-order chi connectivity index (χ1) is 8.58. The third-order valence-corrected chi connectivity index (χ3v) is 2.46. The summed E-state index contributed by atoms with van der Waals surface area (Å²) in [5.41, 5.74) is 6.76. The van der Waals surface area contributed by atoms with Crippen molar-refractivity contribution in [2.45, 2.75) is 19.0 Å². The Balaban J connectivity index is 2.73. The second-order valence-corrected chi connectivity index (χ2v) is 3.79. The molecule has 18 heavy (non-hydrogen) atoms. The van der Waals surface area contributed by atoms with Crippen molar-refractivity contribution in [2.75, 3.05) is 0 Å². The zero-order valence-corrected chi connectivity index (χ0v) is 9.93. The van der Waals surface area contributed by atoms with E-state index in [0.717, 1.165) is 5.56 Å². The average Bonchev–Trinajstić information content (AvgIpc) is 2.38. The van der Waals surface area contributed by atoms with E-state index in [9.17, 15) is 9.59 Å². The lowest BCUT2D eigenvalue weighted by Crippen LogP contribution is -2.40. The fraction of sp³-hybridized carbons (Fsp3) is 0.231. The van der Waals surface area contributed by atoms with Gasteiger partial charge in [-0.05, 0) is 24.1 Å². The lowest BCUT2D eigenvalue weighted by molar-refractivity contribution is -0.139. The average molecular weight is 248 g/mol. The fourth-order valence-corrected chi connectivity index (χ4v) is 1.42. The van der Waals surface area contributed by atoms with Gasteiger partial charge >= 0.3 is 5.97 Å². The van der Waals surface area contributed by atoms with Gasteiger partial charge in [0.1, 0.15) is 6.04 Å². The Morgan fingerprint density at radius 1 is 1.39 bits per heavy atom. The Morgan fingerprint density at radius 2 is 2.00 bits per heavy atom. The molecule has 5 heteroatoms. The molecule has 1 atom stereocenters. The van der Waals surface area contributed by atoms with Crippen LogP contribution in [-0.2, 0) is 11.3 Å². The minimum atomic E-state index is -1.08. The van der Waals surface area contributed by atoms with Crippen LogP contribution in [0, 0.1) is 0 Å². The molecule has 1 aromatic carbocycles.